The highest BCUT2D eigenvalue weighted by Gasteiger charge is 2.18. The van der Waals surface area contributed by atoms with Crippen molar-refractivity contribution in [2.24, 2.45) is 0 Å². The number of aromatic nitrogens is 2. The molecule has 0 saturated carbocycles. The highest BCUT2D eigenvalue weighted by atomic mass is 16.1. The zero-order chi connectivity index (χ0) is 20.2. The van der Waals surface area contributed by atoms with Crippen molar-refractivity contribution in [3.05, 3.63) is 77.2 Å². The van der Waals surface area contributed by atoms with Gasteiger partial charge in [0.15, 0.2) is 0 Å². The molecule has 1 N–H and O–H groups in total. The lowest BCUT2D eigenvalue weighted by Gasteiger charge is -2.21. The molecule has 3 heterocycles. The molecule has 1 saturated heterocycles. The molecule has 29 heavy (non-hydrogen) atoms. The second-order valence-corrected chi connectivity index (χ2v) is 7.53. The summed E-state index contributed by atoms with van der Waals surface area (Å²) in [6.45, 7) is 7.73. The molecule has 5 heteroatoms. The van der Waals surface area contributed by atoms with Crippen molar-refractivity contribution in [1.82, 2.24) is 15.3 Å². The van der Waals surface area contributed by atoms with Crippen LogP contribution < -0.4 is 10.2 Å². The summed E-state index contributed by atoms with van der Waals surface area (Å²) in [7, 11) is 0. The van der Waals surface area contributed by atoms with Gasteiger partial charge < -0.3 is 10.2 Å². The van der Waals surface area contributed by atoms with Crippen molar-refractivity contribution in [2.45, 2.75) is 20.3 Å². The number of benzene rings is 1. The van der Waals surface area contributed by atoms with E-state index in [0.717, 1.165) is 55.2 Å². The van der Waals surface area contributed by atoms with E-state index in [4.69, 9.17) is 4.98 Å². The molecule has 2 aromatic heterocycles. The number of rotatable bonds is 4. The van der Waals surface area contributed by atoms with Crippen molar-refractivity contribution < 1.29 is 7.65 Å². The highest BCUT2D eigenvalue weighted by molar-refractivity contribution is 6.09. The molecule has 0 aliphatic carbocycles. The van der Waals surface area contributed by atoms with Crippen LogP contribution in [-0.4, -0.2) is 41.9 Å². The van der Waals surface area contributed by atoms with Gasteiger partial charge in [-0.2, -0.15) is 0 Å². The van der Waals surface area contributed by atoms with Crippen molar-refractivity contribution >= 4 is 11.6 Å². The third-order valence-electron chi connectivity index (χ3n) is 5.31. The number of anilines is 1. The van der Waals surface area contributed by atoms with Crippen LogP contribution in [-0.2, 0) is 0 Å². The van der Waals surface area contributed by atoms with Crippen molar-refractivity contribution in [2.75, 3.05) is 31.1 Å². The molecule has 1 fully saturated rings. The quantitative estimate of drug-likeness (QED) is 0.674. The number of hydrogen-bond acceptors (Lipinski definition) is 5. The monoisotopic (exact) mass is 390 g/mol. The van der Waals surface area contributed by atoms with Gasteiger partial charge in [0.05, 0.1) is 0 Å². The number of aryl methyl sites for hydroxylation is 2. The first-order valence-electron chi connectivity index (χ1n) is 10.1. The molecule has 0 bridgehead atoms. The van der Waals surface area contributed by atoms with Gasteiger partial charge in [-0.15, -0.1) is 0 Å². The second kappa shape index (κ2) is 8.53. The maximum absolute atomic E-state index is 13.3. The molecule has 5 nitrogen and oxygen atoms in total. The first kappa shape index (κ1) is 19.3. The Bertz CT molecular complexity index is 1030. The maximum atomic E-state index is 13.3. The van der Waals surface area contributed by atoms with E-state index in [1.165, 1.54) is 5.56 Å². The summed E-state index contributed by atoms with van der Waals surface area (Å²) in [6, 6.07) is 15.9. The lowest BCUT2D eigenvalue weighted by Crippen LogP contribution is -2.29. The number of ketones is 1. The smallest absolute Gasteiger partial charge is 0.213 e. The van der Waals surface area contributed by atoms with Gasteiger partial charge in [0.1, 0.15) is 11.5 Å². The maximum Gasteiger partial charge on any atom is 0.213 e. The van der Waals surface area contributed by atoms with Gasteiger partial charge in [-0.05, 0) is 50.6 Å². The van der Waals surface area contributed by atoms with Crippen molar-refractivity contribution in [3.63, 3.8) is 0 Å². The van der Waals surface area contributed by atoms with Crippen LogP contribution in [0.3, 0.4) is 0 Å². The average Bonchev–Trinajstić information content (AvgIpc) is 3.03. The molecule has 0 atom stereocenters. The largest absolute Gasteiger partial charge is 0.355 e. The first-order chi connectivity index (χ1) is 14.1. The van der Waals surface area contributed by atoms with Gasteiger partial charge in [-0.3, -0.25) is 9.78 Å². The zero-order valence-electron chi connectivity index (χ0n) is 17.0. The summed E-state index contributed by atoms with van der Waals surface area (Å²) in [4.78, 5) is 24.7. The van der Waals surface area contributed by atoms with E-state index in [0.29, 0.717) is 11.3 Å². The third-order valence-corrected chi connectivity index (χ3v) is 5.31. The Balaban J connectivity index is 0.00000171. The summed E-state index contributed by atoms with van der Waals surface area (Å²) < 4.78 is 0. The van der Waals surface area contributed by atoms with Gasteiger partial charge >= 0.3 is 0 Å². The van der Waals surface area contributed by atoms with Crippen LogP contribution in [0.4, 0.5) is 5.82 Å². The summed E-state index contributed by atoms with van der Waals surface area (Å²) in [5.41, 5.74) is 4.97. The van der Waals surface area contributed by atoms with Crippen LogP contribution >= 0.6 is 0 Å². The van der Waals surface area contributed by atoms with E-state index in [-0.39, 0.29) is 8.64 Å². The molecule has 4 rings (SSSR count). The molecule has 0 unspecified atom stereocenters. The predicted molar refractivity (Wildman–Crippen MR) is 121 cm³/mol. The van der Waals surface area contributed by atoms with E-state index in [9.17, 15) is 4.79 Å². The number of hydrogen-bond donors (Lipinski definition) is 1. The van der Waals surface area contributed by atoms with Crippen molar-refractivity contribution in [3.8, 4) is 11.1 Å². The van der Waals surface area contributed by atoms with Crippen LogP contribution in [0.25, 0.3) is 11.1 Å². The summed E-state index contributed by atoms with van der Waals surface area (Å²) in [5, 5.41) is 3.40. The Kier molecular flexibility index (Phi) is 5.67. The SMILES string of the molecule is Cc1cccc(-c2cnc(C)c(C(=O)c3cccc(N4CCCNCC4)n3)c2)c1.[HH].[HH]. The van der Waals surface area contributed by atoms with Crippen LogP contribution in [0, 0.1) is 13.8 Å². The summed E-state index contributed by atoms with van der Waals surface area (Å²) in [6.07, 6.45) is 2.90. The second-order valence-electron chi connectivity index (χ2n) is 7.53. The van der Waals surface area contributed by atoms with E-state index < -0.39 is 0 Å². The topological polar surface area (TPSA) is 58.1 Å². The Labute approximate surface area is 174 Å². The van der Waals surface area contributed by atoms with Gasteiger partial charge in [0.2, 0.25) is 5.78 Å². The first-order valence-corrected chi connectivity index (χ1v) is 10.1. The molecular formula is C24H30N4O. The minimum absolute atomic E-state index is 0. The fourth-order valence-electron chi connectivity index (χ4n) is 3.68. The minimum Gasteiger partial charge on any atom is -0.355 e. The molecule has 1 aliphatic rings. The lowest BCUT2D eigenvalue weighted by atomic mass is 9.99. The molecule has 1 aromatic carbocycles. The number of nitrogens with one attached hydrogen (secondary N) is 1. The molecule has 0 radical (unpaired) electrons. The van der Waals surface area contributed by atoms with Crippen LogP contribution in [0.5, 0.6) is 0 Å². The summed E-state index contributed by atoms with van der Waals surface area (Å²) in [5.74, 6) is 0.777. The molecule has 3 aromatic rings. The number of pyridine rings is 2. The zero-order valence-corrected chi connectivity index (χ0v) is 17.0. The molecule has 0 spiro atoms. The van der Waals surface area contributed by atoms with Crippen LogP contribution in [0.1, 0.15) is 36.6 Å². The van der Waals surface area contributed by atoms with Crippen LogP contribution in [0.15, 0.2) is 54.7 Å². The van der Waals surface area contributed by atoms with E-state index in [1.54, 1.807) is 6.07 Å². The Morgan fingerprint density at radius 3 is 2.76 bits per heavy atom. The van der Waals surface area contributed by atoms with Crippen molar-refractivity contribution in [1.29, 1.82) is 0 Å². The normalized spacial score (nSPS) is 14.5. The van der Waals surface area contributed by atoms with Gasteiger partial charge in [-0.1, -0.05) is 35.9 Å². The summed E-state index contributed by atoms with van der Waals surface area (Å²) >= 11 is 0. The number of carbonyl (C=O) groups is 1. The Hall–Kier alpha value is -3.05. The predicted octanol–water partition coefficient (Wildman–Crippen LogP) is 4.28. The van der Waals surface area contributed by atoms with E-state index in [2.05, 4.69) is 34.3 Å². The third kappa shape index (κ3) is 4.35. The molecular weight excluding hydrogens is 360 g/mol. The highest BCUT2D eigenvalue weighted by Crippen LogP contribution is 2.24. The minimum atomic E-state index is -0.0840. The standard InChI is InChI=1S/C24H26N4O.2H2/c1-17-6-3-7-19(14-17)20-15-21(18(2)26-16-20)24(29)22-8-4-9-23(27-22)28-12-5-10-25-11-13-28;;/h3-4,6-9,14-16,25H,5,10-13H2,1-2H3;2*1H. The Morgan fingerprint density at radius 2 is 1.90 bits per heavy atom. The molecule has 152 valence electrons. The number of nitrogens with zero attached hydrogens (tertiary/aromatic N) is 3. The lowest BCUT2D eigenvalue weighted by molar-refractivity contribution is 0.103. The van der Waals surface area contributed by atoms with Gasteiger partial charge in [0.25, 0.3) is 0 Å². The van der Waals surface area contributed by atoms with Gasteiger partial charge in [-0.25, -0.2) is 4.98 Å². The Morgan fingerprint density at radius 1 is 1.03 bits per heavy atom. The van der Waals surface area contributed by atoms with Gasteiger partial charge in [0, 0.05) is 45.5 Å². The number of carbonyl (C=O) groups excluding carboxylic acids is 1. The fraction of sp³-hybridized carbons (Fsp3) is 0.292. The van der Waals surface area contributed by atoms with E-state index in [1.807, 2.05) is 43.5 Å². The molecule has 0 amide bonds. The molecule has 1 aliphatic heterocycles. The van der Waals surface area contributed by atoms with E-state index >= 15 is 0 Å². The van der Waals surface area contributed by atoms with Crippen LogP contribution in [0.2, 0.25) is 0 Å². The average molecular weight is 391 g/mol. The fourth-order valence-corrected chi connectivity index (χ4v) is 3.68.